The predicted molar refractivity (Wildman–Crippen MR) is 84.7 cm³/mol. The Hall–Kier alpha value is -1.58. The van der Waals surface area contributed by atoms with Gasteiger partial charge in [0.05, 0.1) is 13.2 Å². The Bertz CT molecular complexity index is 630. The van der Waals surface area contributed by atoms with Gasteiger partial charge >= 0.3 is 0 Å². The number of hydrogen-bond acceptors (Lipinski definition) is 2. The summed E-state index contributed by atoms with van der Waals surface area (Å²) in [4.78, 5) is 0. The minimum Gasteiger partial charge on any atom is -0.497 e. The maximum Gasteiger partial charge on any atom is 0.132 e. The van der Waals surface area contributed by atoms with Gasteiger partial charge in [-0.25, -0.2) is 4.39 Å². The molecule has 0 saturated carbocycles. The van der Waals surface area contributed by atoms with Crippen LogP contribution in [-0.4, -0.2) is 13.7 Å². The molecular weight excluding hydrogens is 289 g/mol. The summed E-state index contributed by atoms with van der Waals surface area (Å²) in [6, 6.07) is 10.4. The van der Waals surface area contributed by atoms with E-state index in [2.05, 4.69) is 5.32 Å². The van der Waals surface area contributed by atoms with Crippen LogP contribution in [0.15, 0.2) is 36.4 Å². The highest BCUT2D eigenvalue weighted by Crippen LogP contribution is 2.31. The molecule has 0 heterocycles. The van der Waals surface area contributed by atoms with Crippen molar-refractivity contribution >= 4 is 11.6 Å². The first-order valence-corrected chi connectivity index (χ1v) is 7.28. The molecule has 2 aromatic rings. The van der Waals surface area contributed by atoms with Crippen LogP contribution in [0.3, 0.4) is 0 Å². The maximum atomic E-state index is 14.4. The molecule has 1 atom stereocenters. The van der Waals surface area contributed by atoms with E-state index >= 15 is 0 Å². The molecule has 2 rings (SSSR count). The van der Waals surface area contributed by atoms with Gasteiger partial charge in [0.15, 0.2) is 0 Å². The zero-order chi connectivity index (χ0) is 15.4. The highest BCUT2D eigenvalue weighted by molar-refractivity contribution is 6.31. The maximum absolute atomic E-state index is 14.4. The summed E-state index contributed by atoms with van der Waals surface area (Å²) >= 11 is 6.19. The summed E-state index contributed by atoms with van der Waals surface area (Å²) in [5.74, 6) is 0.217. The molecule has 112 valence electrons. The molecule has 2 nitrogen and oxygen atoms in total. The lowest BCUT2D eigenvalue weighted by Crippen LogP contribution is -2.23. The molecule has 0 saturated heterocycles. The largest absolute Gasteiger partial charge is 0.497 e. The molecule has 0 bridgehead atoms. The van der Waals surface area contributed by atoms with Crippen LogP contribution in [0, 0.1) is 12.7 Å². The fourth-order valence-corrected chi connectivity index (χ4v) is 2.58. The van der Waals surface area contributed by atoms with Gasteiger partial charge in [0.1, 0.15) is 11.6 Å². The van der Waals surface area contributed by atoms with Crippen LogP contribution in [0.25, 0.3) is 0 Å². The van der Waals surface area contributed by atoms with Crippen LogP contribution < -0.4 is 10.1 Å². The first-order chi connectivity index (χ1) is 10.1. The Morgan fingerprint density at radius 3 is 2.62 bits per heavy atom. The summed E-state index contributed by atoms with van der Waals surface area (Å²) in [7, 11) is 1.53. The first-order valence-electron chi connectivity index (χ1n) is 6.90. The van der Waals surface area contributed by atoms with Gasteiger partial charge in [-0.3, -0.25) is 0 Å². The van der Waals surface area contributed by atoms with Gasteiger partial charge in [0.25, 0.3) is 0 Å². The third-order valence-corrected chi connectivity index (χ3v) is 3.96. The van der Waals surface area contributed by atoms with E-state index in [4.69, 9.17) is 16.3 Å². The summed E-state index contributed by atoms with van der Waals surface area (Å²) in [5.41, 5.74) is 2.52. The number of rotatable bonds is 5. The van der Waals surface area contributed by atoms with E-state index < -0.39 is 0 Å². The summed E-state index contributed by atoms with van der Waals surface area (Å²) < 4.78 is 19.4. The molecule has 0 fully saturated rings. The highest BCUT2D eigenvalue weighted by Gasteiger charge is 2.20. The van der Waals surface area contributed by atoms with Crippen molar-refractivity contribution in [3.63, 3.8) is 0 Å². The van der Waals surface area contributed by atoms with Gasteiger partial charge in [0, 0.05) is 16.7 Å². The Labute approximate surface area is 129 Å². The molecule has 0 aliphatic carbocycles. The summed E-state index contributed by atoms with van der Waals surface area (Å²) in [5, 5.41) is 4.01. The van der Waals surface area contributed by atoms with E-state index in [1.165, 1.54) is 13.2 Å². The summed E-state index contributed by atoms with van der Waals surface area (Å²) in [6.07, 6.45) is 0. The van der Waals surface area contributed by atoms with Gasteiger partial charge < -0.3 is 10.1 Å². The van der Waals surface area contributed by atoms with Crippen LogP contribution in [0.5, 0.6) is 5.75 Å². The van der Waals surface area contributed by atoms with E-state index in [1.54, 1.807) is 12.1 Å². The van der Waals surface area contributed by atoms with Crippen LogP contribution in [0.2, 0.25) is 5.02 Å². The third kappa shape index (κ3) is 3.36. The average molecular weight is 308 g/mol. The van der Waals surface area contributed by atoms with E-state index in [9.17, 15) is 4.39 Å². The number of benzene rings is 2. The molecule has 0 aromatic heterocycles. The monoisotopic (exact) mass is 307 g/mol. The minimum atomic E-state index is -0.292. The molecule has 21 heavy (non-hydrogen) atoms. The number of halogens is 2. The number of nitrogens with one attached hydrogen (secondary N) is 1. The number of hydrogen-bond donors (Lipinski definition) is 1. The normalized spacial score (nSPS) is 12.2. The second-order valence-corrected chi connectivity index (χ2v) is 5.24. The fourth-order valence-electron chi connectivity index (χ4n) is 2.40. The lowest BCUT2D eigenvalue weighted by atomic mass is 9.94. The quantitative estimate of drug-likeness (QED) is 0.878. The molecule has 0 radical (unpaired) electrons. The van der Waals surface area contributed by atoms with Gasteiger partial charge in [0.2, 0.25) is 0 Å². The van der Waals surface area contributed by atoms with Crippen molar-refractivity contribution in [1.82, 2.24) is 5.32 Å². The third-order valence-electron chi connectivity index (χ3n) is 3.55. The van der Waals surface area contributed by atoms with E-state index in [1.807, 2.05) is 32.0 Å². The molecule has 1 N–H and O–H groups in total. The lowest BCUT2D eigenvalue weighted by Gasteiger charge is -2.22. The minimum absolute atomic E-state index is 0.236. The molecule has 4 heteroatoms. The molecule has 2 aromatic carbocycles. The smallest absolute Gasteiger partial charge is 0.132 e. The van der Waals surface area contributed by atoms with Crippen molar-refractivity contribution in [2.24, 2.45) is 0 Å². The Kier molecular flexibility index (Phi) is 5.21. The van der Waals surface area contributed by atoms with Crippen LogP contribution >= 0.6 is 11.6 Å². The summed E-state index contributed by atoms with van der Waals surface area (Å²) in [6.45, 7) is 4.67. The first kappa shape index (κ1) is 15.8. The van der Waals surface area contributed by atoms with Crippen molar-refractivity contribution in [3.05, 3.63) is 63.9 Å². The van der Waals surface area contributed by atoms with Crippen LogP contribution in [-0.2, 0) is 0 Å². The van der Waals surface area contributed by atoms with Crippen molar-refractivity contribution in [1.29, 1.82) is 0 Å². The van der Waals surface area contributed by atoms with Crippen LogP contribution in [0.4, 0.5) is 4.39 Å². The molecular formula is C17H19ClFNO. The number of methoxy groups -OCH3 is 1. The van der Waals surface area contributed by atoms with Crippen LogP contribution in [0.1, 0.15) is 29.7 Å². The SMILES string of the molecule is CCNC(c1ccc(OC)cc1F)c1cccc(Cl)c1C. The van der Waals surface area contributed by atoms with Crippen molar-refractivity contribution < 1.29 is 9.13 Å². The van der Waals surface area contributed by atoms with Gasteiger partial charge in [-0.05, 0) is 36.7 Å². The van der Waals surface area contributed by atoms with Gasteiger partial charge in [-0.15, -0.1) is 0 Å². The van der Waals surface area contributed by atoms with Crippen molar-refractivity contribution in [2.75, 3.05) is 13.7 Å². The zero-order valence-electron chi connectivity index (χ0n) is 12.4. The topological polar surface area (TPSA) is 21.3 Å². The molecule has 0 spiro atoms. The van der Waals surface area contributed by atoms with Crippen molar-refractivity contribution in [3.8, 4) is 5.75 Å². The fraction of sp³-hybridized carbons (Fsp3) is 0.294. The lowest BCUT2D eigenvalue weighted by molar-refractivity contribution is 0.410. The second-order valence-electron chi connectivity index (χ2n) is 4.83. The highest BCUT2D eigenvalue weighted by atomic mass is 35.5. The standard InChI is InChI=1S/C17H19ClFNO/c1-4-20-17(13-6-5-7-15(18)11(13)2)14-9-8-12(21-3)10-16(14)19/h5-10,17,20H,4H2,1-3H3. The molecule has 0 aliphatic rings. The average Bonchev–Trinajstić information content (AvgIpc) is 2.48. The Morgan fingerprint density at radius 2 is 2.00 bits per heavy atom. The van der Waals surface area contributed by atoms with E-state index in [0.29, 0.717) is 16.3 Å². The molecule has 0 aliphatic heterocycles. The Balaban J connectivity index is 2.51. The molecule has 0 amide bonds. The van der Waals surface area contributed by atoms with E-state index in [0.717, 1.165) is 17.7 Å². The second kappa shape index (κ2) is 6.92. The van der Waals surface area contributed by atoms with E-state index in [-0.39, 0.29) is 11.9 Å². The molecule has 1 unspecified atom stereocenters. The number of ether oxygens (including phenoxy) is 1. The zero-order valence-corrected chi connectivity index (χ0v) is 13.2. The van der Waals surface area contributed by atoms with Crippen molar-refractivity contribution in [2.45, 2.75) is 19.9 Å². The predicted octanol–water partition coefficient (Wildman–Crippen LogP) is 4.50. The van der Waals surface area contributed by atoms with Gasteiger partial charge in [-0.2, -0.15) is 0 Å². The Morgan fingerprint density at radius 1 is 1.24 bits per heavy atom. The van der Waals surface area contributed by atoms with Gasteiger partial charge in [-0.1, -0.05) is 36.7 Å².